The van der Waals surface area contributed by atoms with Crippen molar-refractivity contribution in [3.63, 3.8) is 0 Å². The molecule has 5 amide bonds. The third-order valence-electron chi connectivity index (χ3n) is 12.8. The van der Waals surface area contributed by atoms with E-state index >= 15 is 0 Å². The third-order valence-corrected chi connectivity index (χ3v) is 13.7. The Hall–Kier alpha value is -4.08. The number of methoxy groups -OCH3 is 2. The first-order chi connectivity index (χ1) is 29.3. The first kappa shape index (κ1) is 50.6. The molecular formula is C47H74N6O8S. The second kappa shape index (κ2) is 22.5. The van der Waals surface area contributed by atoms with Gasteiger partial charge in [0.15, 0.2) is 0 Å². The van der Waals surface area contributed by atoms with Crippen LogP contribution in [0.5, 0.6) is 0 Å². The van der Waals surface area contributed by atoms with Crippen molar-refractivity contribution in [2.24, 2.45) is 17.8 Å². The summed E-state index contributed by atoms with van der Waals surface area (Å²) in [4.78, 5) is 80.0. The van der Waals surface area contributed by atoms with Crippen LogP contribution in [0, 0.1) is 17.8 Å². The van der Waals surface area contributed by atoms with Crippen molar-refractivity contribution < 1.29 is 38.2 Å². The zero-order chi connectivity index (χ0) is 45.9. The van der Waals surface area contributed by atoms with E-state index in [4.69, 9.17) is 14.2 Å². The van der Waals surface area contributed by atoms with Crippen LogP contribution in [0.4, 0.5) is 4.79 Å². The molecule has 14 nitrogen and oxygen atoms in total. The Morgan fingerprint density at radius 2 is 1.68 bits per heavy atom. The van der Waals surface area contributed by atoms with Gasteiger partial charge in [-0.3, -0.25) is 24.1 Å². The molecule has 4 rings (SSSR count). The number of rotatable bonds is 19. The number of ether oxygens (including phenoxy) is 3. The number of aromatic nitrogens is 1. The molecule has 2 N–H and O–H groups in total. The first-order valence-electron chi connectivity index (χ1n) is 22.4. The average molecular weight is 883 g/mol. The lowest BCUT2D eigenvalue weighted by Crippen LogP contribution is -2.65. The predicted octanol–water partition coefficient (Wildman–Crippen LogP) is 6.78. The van der Waals surface area contributed by atoms with Gasteiger partial charge in [0, 0.05) is 45.9 Å². The molecule has 2 aromatic rings. The van der Waals surface area contributed by atoms with Gasteiger partial charge >= 0.3 is 6.09 Å². The summed E-state index contributed by atoms with van der Waals surface area (Å²) in [6.07, 6.45) is 4.58. The minimum atomic E-state index is -1.21. The molecular weight excluding hydrogens is 809 g/mol. The third kappa shape index (κ3) is 12.6. The average Bonchev–Trinajstić information content (AvgIpc) is 3.95. The van der Waals surface area contributed by atoms with E-state index in [1.54, 1.807) is 60.1 Å². The number of nitrogens with one attached hydrogen (secondary N) is 2. The Morgan fingerprint density at radius 1 is 0.984 bits per heavy atom. The molecule has 2 saturated heterocycles. The number of hydrogen-bond acceptors (Lipinski definition) is 10. The van der Waals surface area contributed by atoms with Crippen LogP contribution in [-0.4, -0.2) is 125 Å². The summed E-state index contributed by atoms with van der Waals surface area (Å²) in [6, 6.07) is 7.89. The van der Waals surface area contributed by atoms with E-state index in [9.17, 15) is 24.0 Å². The van der Waals surface area contributed by atoms with E-state index in [-0.39, 0.29) is 48.1 Å². The maximum Gasteiger partial charge on any atom is 0.411 e. The summed E-state index contributed by atoms with van der Waals surface area (Å²) in [5.41, 5.74) is -0.863. The molecule has 3 heterocycles. The topological polar surface area (TPSA) is 160 Å². The second-order valence-corrected chi connectivity index (χ2v) is 19.7. The van der Waals surface area contributed by atoms with Crippen LogP contribution in [0.3, 0.4) is 0 Å². The molecule has 15 heteroatoms. The van der Waals surface area contributed by atoms with Gasteiger partial charge < -0.3 is 34.6 Å². The lowest BCUT2D eigenvalue weighted by Gasteiger charge is -2.45. The van der Waals surface area contributed by atoms with Crippen molar-refractivity contribution in [3.05, 3.63) is 52.5 Å². The number of hydrogen-bond donors (Lipinski definition) is 2. The van der Waals surface area contributed by atoms with Crippen molar-refractivity contribution in [3.8, 4) is 0 Å². The van der Waals surface area contributed by atoms with Crippen molar-refractivity contribution in [1.29, 1.82) is 0 Å². The highest BCUT2D eigenvalue weighted by molar-refractivity contribution is 7.09. The fourth-order valence-corrected chi connectivity index (χ4v) is 9.75. The van der Waals surface area contributed by atoms with Gasteiger partial charge in [0.25, 0.3) is 0 Å². The SMILES string of the molecule is CC[C@H](C)C([C@@H](CC(=O)N1CCC[C@H]1[C@H](OC)[C@@H](C)C(=O)N[C@@H](Cc1ccccc1)c1nccs1)OC)N(C)C(=O)[C@@H](NC(=O)[C@@]1(C)CCCCN1C(=O)OC(C)(C)C)C(C)C. The number of carbonyl (C=O) groups is 5. The molecule has 0 saturated carbocycles. The van der Waals surface area contributed by atoms with E-state index in [2.05, 4.69) is 15.6 Å². The Labute approximate surface area is 374 Å². The minimum Gasteiger partial charge on any atom is -0.444 e. The quantitative estimate of drug-likeness (QED) is 0.155. The summed E-state index contributed by atoms with van der Waals surface area (Å²) in [5, 5.41) is 8.99. The highest BCUT2D eigenvalue weighted by Crippen LogP contribution is 2.33. The zero-order valence-corrected chi connectivity index (χ0v) is 40.1. The van der Waals surface area contributed by atoms with Gasteiger partial charge in [-0.2, -0.15) is 0 Å². The van der Waals surface area contributed by atoms with Crippen LogP contribution in [-0.2, 0) is 39.8 Å². The molecule has 346 valence electrons. The Morgan fingerprint density at radius 3 is 2.26 bits per heavy atom. The number of likely N-dealkylation sites (N-methyl/N-ethyl adjacent to an activating group) is 1. The molecule has 2 aliphatic rings. The molecule has 0 aliphatic carbocycles. The van der Waals surface area contributed by atoms with E-state index in [1.165, 1.54) is 16.2 Å². The lowest BCUT2D eigenvalue weighted by atomic mass is 9.86. The summed E-state index contributed by atoms with van der Waals surface area (Å²) in [7, 11) is 4.86. The molecule has 0 spiro atoms. The highest BCUT2D eigenvalue weighted by Gasteiger charge is 2.48. The molecule has 0 radical (unpaired) electrons. The van der Waals surface area contributed by atoms with Gasteiger partial charge in [-0.05, 0) is 83.6 Å². The molecule has 0 bridgehead atoms. The predicted molar refractivity (Wildman–Crippen MR) is 241 cm³/mol. The highest BCUT2D eigenvalue weighted by atomic mass is 32.1. The molecule has 1 aromatic carbocycles. The Bertz CT molecular complexity index is 1770. The number of likely N-dealkylation sites (tertiary alicyclic amines) is 2. The molecule has 2 fully saturated rings. The maximum atomic E-state index is 14.6. The number of carbonyl (C=O) groups excluding carboxylic acids is 5. The van der Waals surface area contributed by atoms with E-state index in [0.29, 0.717) is 38.8 Å². The molecule has 1 aromatic heterocycles. The number of benzene rings is 1. The van der Waals surface area contributed by atoms with Crippen LogP contribution < -0.4 is 10.6 Å². The van der Waals surface area contributed by atoms with E-state index in [0.717, 1.165) is 29.8 Å². The van der Waals surface area contributed by atoms with Gasteiger partial charge in [-0.25, -0.2) is 9.78 Å². The van der Waals surface area contributed by atoms with Gasteiger partial charge in [-0.15, -0.1) is 11.3 Å². The number of nitrogens with zero attached hydrogens (tertiary/aromatic N) is 4. The number of thiazole rings is 1. The summed E-state index contributed by atoms with van der Waals surface area (Å²) < 4.78 is 17.8. The van der Waals surface area contributed by atoms with Crippen molar-refractivity contribution in [1.82, 2.24) is 30.3 Å². The van der Waals surface area contributed by atoms with Crippen LogP contribution >= 0.6 is 11.3 Å². The van der Waals surface area contributed by atoms with Crippen LogP contribution in [0.15, 0.2) is 41.9 Å². The number of piperidine rings is 1. The van der Waals surface area contributed by atoms with Crippen molar-refractivity contribution in [2.75, 3.05) is 34.4 Å². The van der Waals surface area contributed by atoms with Crippen molar-refractivity contribution in [2.45, 2.75) is 161 Å². The molecule has 2 aliphatic heterocycles. The summed E-state index contributed by atoms with van der Waals surface area (Å²) in [5.74, 6) is -1.99. The second-order valence-electron chi connectivity index (χ2n) is 18.8. The standard InChI is InChI=1S/C47H74N6O8S/c1-13-31(4)39(51(10)43(56)38(30(2)3)50-44(57)47(9)23-17-18-26-53(47)45(58)61-46(6,7)8)36(59-11)29-37(54)52-25-19-22-35(52)40(60-12)32(5)41(55)49-34(42-48-24-27-62-42)28-33-20-15-14-16-21-33/h14-16,20-21,24,27,30-32,34-36,38-40H,13,17-19,22-23,25-26,28-29H2,1-12H3,(H,49,55)(H,50,57)/t31-,32+,34-,35-,36+,38-,39?,40+,47+/m0/s1. The summed E-state index contributed by atoms with van der Waals surface area (Å²) in [6.45, 7) is 17.7. The van der Waals surface area contributed by atoms with E-state index < -0.39 is 53.3 Å². The van der Waals surface area contributed by atoms with Crippen LogP contribution in [0.1, 0.15) is 124 Å². The van der Waals surface area contributed by atoms with Crippen LogP contribution in [0.25, 0.3) is 0 Å². The Kier molecular flexibility index (Phi) is 18.4. The lowest BCUT2D eigenvalue weighted by molar-refractivity contribution is -0.148. The fraction of sp³-hybridized carbons (Fsp3) is 0.702. The van der Waals surface area contributed by atoms with Gasteiger partial charge in [0.2, 0.25) is 23.6 Å². The normalized spacial score (nSPS) is 21.6. The van der Waals surface area contributed by atoms with Crippen LogP contribution in [0.2, 0.25) is 0 Å². The maximum absolute atomic E-state index is 14.6. The summed E-state index contributed by atoms with van der Waals surface area (Å²) >= 11 is 1.50. The molecule has 1 unspecified atom stereocenters. The number of amides is 5. The molecule has 62 heavy (non-hydrogen) atoms. The van der Waals surface area contributed by atoms with Crippen molar-refractivity contribution >= 4 is 41.1 Å². The monoisotopic (exact) mass is 883 g/mol. The molecule has 9 atom stereocenters. The zero-order valence-electron chi connectivity index (χ0n) is 39.3. The first-order valence-corrected chi connectivity index (χ1v) is 23.3. The smallest absolute Gasteiger partial charge is 0.411 e. The minimum absolute atomic E-state index is 0.00145. The van der Waals surface area contributed by atoms with Gasteiger partial charge in [-0.1, -0.05) is 71.4 Å². The van der Waals surface area contributed by atoms with Gasteiger partial charge in [0.05, 0.1) is 42.7 Å². The largest absolute Gasteiger partial charge is 0.444 e. The van der Waals surface area contributed by atoms with Gasteiger partial charge in [0.1, 0.15) is 22.2 Å². The fourth-order valence-electron chi connectivity index (χ4n) is 9.06. The van der Waals surface area contributed by atoms with E-state index in [1.807, 2.05) is 75.2 Å². The Balaban J connectivity index is 1.50.